The van der Waals surface area contributed by atoms with Crippen molar-refractivity contribution >= 4 is 5.96 Å². The van der Waals surface area contributed by atoms with Crippen LogP contribution in [-0.2, 0) is 4.74 Å². The number of aliphatic imine (C=N–C) groups is 1. The Kier molecular flexibility index (Phi) is 7.34. The molecular weight excluding hydrogens is 338 g/mol. The van der Waals surface area contributed by atoms with Crippen LogP contribution in [0.5, 0.6) is 0 Å². The van der Waals surface area contributed by atoms with Crippen molar-refractivity contribution in [2.75, 3.05) is 40.4 Å². The number of hydrogen-bond acceptors (Lipinski definition) is 3. The van der Waals surface area contributed by atoms with E-state index in [4.69, 9.17) is 9.73 Å². The Morgan fingerprint density at radius 2 is 1.96 bits per heavy atom. The Balaban J connectivity index is 2.11. The number of ether oxygens (including phenoxy) is 1. The van der Waals surface area contributed by atoms with Gasteiger partial charge in [-0.2, -0.15) is 0 Å². The highest BCUT2D eigenvalue weighted by atomic mass is 19.2. The molecule has 2 N–H and O–H groups in total. The highest BCUT2D eigenvalue weighted by Crippen LogP contribution is 2.26. The van der Waals surface area contributed by atoms with Crippen LogP contribution in [0.3, 0.4) is 0 Å². The number of guanidine groups is 1. The van der Waals surface area contributed by atoms with Gasteiger partial charge in [0.1, 0.15) is 0 Å². The van der Waals surface area contributed by atoms with Crippen LogP contribution in [0.15, 0.2) is 23.2 Å². The zero-order valence-electron chi connectivity index (χ0n) is 16.1. The number of halogens is 2. The Morgan fingerprint density at radius 3 is 2.54 bits per heavy atom. The normalized spacial score (nSPS) is 18.7. The second-order valence-electron chi connectivity index (χ2n) is 6.97. The van der Waals surface area contributed by atoms with Crippen LogP contribution in [0.25, 0.3) is 0 Å². The topological polar surface area (TPSA) is 48.9 Å². The van der Waals surface area contributed by atoms with Gasteiger partial charge >= 0.3 is 0 Å². The Hall–Kier alpha value is -1.73. The number of nitrogens with one attached hydrogen (secondary N) is 2. The van der Waals surface area contributed by atoms with Gasteiger partial charge in [0.05, 0.1) is 12.6 Å². The molecule has 2 rings (SSSR count). The van der Waals surface area contributed by atoms with E-state index in [1.165, 1.54) is 6.07 Å². The number of nitrogens with zero attached hydrogens (tertiary/aromatic N) is 2. The lowest BCUT2D eigenvalue weighted by Crippen LogP contribution is -2.51. The van der Waals surface area contributed by atoms with Crippen molar-refractivity contribution in [2.24, 2.45) is 4.99 Å². The molecule has 1 aromatic carbocycles. The number of likely N-dealkylation sites (N-methyl/N-ethyl adjacent to an activating group) is 1. The summed E-state index contributed by atoms with van der Waals surface area (Å²) in [6, 6.07) is 3.75. The highest BCUT2D eigenvalue weighted by molar-refractivity contribution is 5.80. The standard InChI is InChI=1S/C19H30F2N4O/c1-5-22-18(23-13-19(25(3)4)8-10-26-11-9-19)24-14(2)15-6-7-16(20)17(21)12-15/h6-7,12,14H,5,8-11,13H2,1-4H3,(H2,22,23,24). The van der Waals surface area contributed by atoms with Gasteiger partial charge in [0.15, 0.2) is 17.6 Å². The maximum atomic E-state index is 13.5. The fraction of sp³-hybridized carbons (Fsp3) is 0.632. The molecule has 5 nitrogen and oxygen atoms in total. The number of hydrogen-bond donors (Lipinski definition) is 2. The second-order valence-corrected chi connectivity index (χ2v) is 6.97. The SMILES string of the molecule is CCNC(=NCC1(N(C)C)CCOCC1)NC(C)c1ccc(F)c(F)c1. The quantitative estimate of drug-likeness (QED) is 0.599. The molecule has 0 saturated carbocycles. The summed E-state index contributed by atoms with van der Waals surface area (Å²) in [6.45, 7) is 6.73. The molecule has 0 amide bonds. The minimum Gasteiger partial charge on any atom is -0.381 e. The van der Waals surface area contributed by atoms with Gasteiger partial charge in [-0.05, 0) is 58.5 Å². The molecule has 7 heteroatoms. The van der Waals surface area contributed by atoms with E-state index in [1.54, 1.807) is 6.07 Å². The summed E-state index contributed by atoms with van der Waals surface area (Å²) in [7, 11) is 4.15. The van der Waals surface area contributed by atoms with Crippen molar-refractivity contribution in [1.29, 1.82) is 0 Å². The molecule has 0 aliphatic carbocycles. The van der Waals surface area contributed by atoms with Crippen LogP contribution >= 0.6 is 0 Å². The monoisotopic (exact) mass is 368 g/mol. The van der Waals surface area contributed by atoms with Gasteiger partial charge in [0.2, 0.25) is 0 Å². The number of benzene rings is 1. The van der Waals surface area contributed by atoms with Gasteiger partial charge < -0.3 is 20.3 Å². The van der Waals surface area contributed by atoms with Crippen LogP contribution in [0.1, 0.15) is 38.3 Å². The molecule has 0 bridgehead atoms. The van der Waals surface area contributed by atoms with E-state index in [0.717, 1.165) is 32.1 Å². The van der Waals surface area contributed by atoms with Crippen molar-refractivity contribution < 1.29 is 13.5 Å². The summed E-state index contributed by atoms with van der Waals surface area (Å²) in [5, 5.41) is 6.50. The lowest BCUT2D eigenvalue weighted by molar-refractivity contribution is -0.00255. The molecule has 0 spiro atoms. The summed E-state index contributed by atoms with van der Waals surface area (Å²) in [6.07, 6.45) is 1.86. The van der Waals surface area contributed by atoms with Gasteiger partial charge in [-0.1, -0.05) is 6.07 Å². The van der Waals surface area contributed by atoms with E-state index in [1.807, 2.05) is 13.8 Å². The Morgan fingerprint density at radius 1 is 1.27 bits per heavy atom. The minimum atomic E-state index is -0.841. The minimum absolute atomic E-state index is 0.0220. The van der Waals surface area contributed by atoms with E-state index in [2.05, 4.69) is 29.6 Å². The van der Waals surface area contributed by atoms with Crippen molar-refractivity contribution in [3.05, 3.63) is 35.4 Å². The van der Waals surface area contributed by atoms with Gasteiger partial charge in [0, 0.05) is 25.3 Å². The summed E-state index contributed by atoms with van der Waals surface area (Å²) in [5.74, 6) is -1.02. The third-order valence-electron chi connectivity index (χ3n) is 5.04. The van der Waals surface area contributed by atoms with Crippen molar-refractivity contribution in [1.82, 2.24) is 15.5 Å². The Labute approximate surface area is 154 Å². The number of rotatable bonds is 6. The fourth-order valence-electron chi connectivity index (χ4n) is 3.11. The maximum Gasteiger partial charge on any atom is 0.191 e. The smallest absolute Gasteiger partial charge is 0.191 e. The molecule has 1 unspecified atom stereocenters. The summed E-state index contributed by atoms with van der Waals surface area (Å²) < 4.78 is 32.1. The highest BCUT2D eigenvalue weighted by Gasteiger charge is 2.34. The molecule has 1 atom stereocenters. The third-order valence-corrected chi connectivity index (χ3v) is 5.04. The molecule has 26 heavy (non-hydrogen) atoms. The first-order chi connectivity index (χ1) is 12.4. The molecule has 1 aromatic rings. The van der Waals surface area contributed by atoms with E-state index in [0.29, 0.717) is 24.6 Å². The van der Waals surface area contributed by atoms with Crippen LogP contribution in [0.2, 0.25) is 0 Å². The average molecular weight is 368 g/mol. The molecule has 0 aromatic heterocycles. The van der Waals surface area contributed by atoms with E-state index in [-0.39, 0.29) is 11.6 Å². The van der Waals surface area contributed by atoms with Crippen LogP contribution in [-0.4, -0.2) is 56.8 Å². The summed E-state index contributed by atoms with van der Waals surface area (Å²) in [4.78, 5) is 6.99. The molecule has 1 aliphatic rings. The Bertz CT molecular complexity index is 616. The van der Waals surface area contributed by atoms with Crippen LogP contribution in [0, 0.1) is 11.6 Å². The lowest BCUT2D eigenvalue weighted by atomic mass is 9.89. The first-order valence-electron chi connectivity index (χ1n) is 9.13. The molecule has 0 radical (unpaired) electrons. The zero-order valence-corrected chi connectivity index (χ0v) is 16.1. The predicted octanol–water partition coefficient (Wildman–Crippen LogP) is 2.69. The molecule has 1 heterocycles. The van der Waals surface area contributed by atoms with Crippen LogP contribution in [0.4, 0.5) is 8.78 Å². The molecular formula is C19H30F2N4O. The zero-order chi connectivity index (χ0) is 19.2. The van der Waals surface area contributed by atoms with Crippen molar-refractivity contribution in [3.63, 3.8) is 0 Å². The largest absolute Gasteiger partial charge is 0.381 e. The van der Waals surface area contributed by atoms with Gasteiger partial charge in [0.25, 0.3) is 0 Å². The summed E-state index contributed by atoms with van der Waals surface area (Å²) >= 11 is 0. The fourth-order valence-corrected chi connectivity index (χ4v) is 3.11. The van der Waals surface area contributed by atoms with E-state index >= 15 is 0 Å². The molecule has 1 aliphatic heterocycles. The van der Waals surface area contributed by atoms with Gasteiger partial charge in [-0.3, -0.25) is 4.99 Å². The van der Waals surface area contributed by atoms with E-state index in [9.17, 15) is 8.78 Å². The molecule has 1 fully saturated rings. The molecule has 1 saturated heterocycles. The third kappa shape index (κ3) is 5.14. The van der Waals surface area contributed by atoms with Gasteiger partial charge in [-0.15, -0.1) is 0 Å². The van der Waals surface area contributed by atoms with Gasteiger partial charge in [-0.25, -0.2) is 8.78 Å². The first-order valence-corrected chi connectivity index (χ1v) is 9.13. The first kappa shape index (κ1) is 20.6. The second kappa shape index (κ2) is 9.28. The van der Waals surface area contributed by atoms with Crippen molar-refractivity contribution in [3.8, 4) is 0 Å². The molecule has 146 valence electrons. The van der Waals surface area contributed by atoms with Crippen LogP contribution < -0.4 is 10.6 Å². The predicted molar refractivity (Wildman–Crippen MR) is 100 cm³/mol. The maximum absolute atomic E-state index is 13.5. The van der Waals surface area contributed by atoms with Crippen molar-refractivity contribution in [2.45, 2.75) is 38.3 Å². The van der Waals surface area contributed by atoms with E-state index < -0.39 is 11.6 Å². The summed E-state index contributed by atoms with van der Waals surface area (Å²) in [5.41, 5.74) is 0.647. The average Bonchev–Trinajstić information content (AvgIpc) is 2.62. The lowest BCUT2D eigenvalue weighted by Gasteiger charge is -2.41.